The van der Waals surface area contributed by atoms with Crippen LogP contribution in [0.3, 0.4) is 0 Å². The Morgan fingerprint density at radius 3 is 1.72 bits per heavy atom. The number of ketones is 2. The zero-order valence-corrected chi connectivity index (χ0v) is 28.8. The van der Waals surface area contributed by atoms with E-state index in [1.54, 1.807) is 48.5 Å². The van der Waals surface area contributed by atoms with E-state index < -0.39 is 29.8 Å². The van der Waals surface area contributed by atoms with Crippen LogP contribution in [-0.2, 0) is 28.8 Å². The van der Waals surface area contributed by atoms with Gasteiger partial charge >= 0.3 is 0 Å². The minimum atomic E-state index is -0.973. The fourth-order valence-electron chi connectivity index (χ4n) is 4.43. The number of Topliss-reactive ketones (excluding diaryl/α,β-unsaturated/α-hetero) is 2. The number of hydrogen-bond acceptors (Lipinski definition) is 7. The lowest BCUT2D eigenvalue weighted by Gasteiger charge is -2.24. The normalized spacial score (nSPS) is 12.5. The molecule has 1 aromatic rings. The van der Waals surface area contributed by atoms with Gasteiger partial charge in [-0.2, -0.15) is 0 Å². The lowest BCUT2D eigenvalue weighted by Crippen LogP contribution is -2.53. The van der Waals surface area contributed by atoms with E-state index in [1.165, 1.54) is 18.2 Å². The number of carbonyl (C=O) groups excluding carboxylic acids is 7. The third-order valence-corrected chi connectivity index (χ3v) is 7.09. The molecule has 5 amide bonds. The topological polar surface area (TPSA) is 180 Å². The van der Waals surface area contributed by atoms with Gasteiger partial charge in [-0.15, -0.1) is 0 Å². The molecular weight excluding hydrogens is 590 g/mol. The van der Waals surface area contributed by atoms with Crippen molar-refractivity contribution in [2.75, 3.05) is 17.2 Å². The first-order valence-corrected chi connectivity index (χ1v) is 16.1. The van der Waals surface area contributed by atoms with Crippen molar-refractivity contribution in [2.24, 2.45) is 23.7 Å². The summed E-state index contributed by atoms with van der Waals surface area (Å²) in [5.74, 6) is -2.82. The van der Waals surface area contributed by atoms with Crippen LogP contribution in [0.1, 0.15) is 105 Å². The molecule has 0 spiro atoms. The number of amides is 5. The molecule has 12 heteroatoms. The Morgan fingerprint density at radius 1 is 0.652 bits per heavy atom. The van der Waals surface area contributed by atoms with E-state index >= 15 is 0 Å². The van der Waals surface area contributed by atoms with Gasteiger partial charge < -0.3 is 26.6 Å². The minimum absolute atomic E-state index is 0.0550. The molecule has 5 N–H and O–H groups in total. The van der Waals surface area contributed by atoms with E-state index in [1.807, 2.05) is 13.8 Å². The van der Waals surface area contributed by atoms with Crippen LogP contribution < -0.4 is 26.6 Å². The van der Waals surface area contributed by atoms with E-state index in [0.717, 1.165) is 0 Å². The average Bonchev–Trinajstić information content (AvgIpc) is 2.95. The van der Waals surface area contributed by atoms with Gasteiger partial charge in [0, 0.05) is 61.0 Å². The first kappa shape index (κ1) is 39.9. The van der Waals surface area contributed by atoms with Crippen molar-refractivity contribution in [1.82, 2.24) is 16.0 Å². The Kier molecular flexibility index (Phi) is 16.9. The standard InChI is InChI=1S/C34H53N5O7/c1-19(2)15-30(43)35-14-10-11-28(41)37-25-16-24(17-26(18-25)38-29(42)13-12-27(40)20(3)4)33(45)39-31(21(5)6)34(46)36-23(9)32(44)22(7)8/h16-23,31H,10-15H2,1-9H3,(H,35,43)(H,36,46)(H,37,41)(H,38,42)(H,39,45)/t23-,31-/m0/s1. The van der Waals surface area contributed by atoms with Crippen LogP contribution in [-0.4, -0.2) is 59.7 Å². The lowest BCUT2D eigenvalue weighted by molar-refractivity contribution is -0.130. The summed E-state index contributed by atoms with van der Waals surface area (Å²) in [5.41, 5.74) is 0.515. The maximum atomic E-state index is 13.4. The molecule has 0 saturated heterocycles. The molecule has 1 aromatic carbocycles. The second-order valence-corrected chi connectivity index (χ2v) is 13.1. The zero-order chi connectivity index (χ0) is 35.1. The number of carbonyl (C=O) groups is 7. The fraction of sp³-hybridized carbons (Fsp3) is 0.618. The predicted molar refractivity (Wildman–Crippen MR) is 178 cm³/mol. The van der Waals surface area contributed by atoms with E-state index in [0.29, 0.717) is 19.4 Å². The molecule has 0 heterocycles. The first-order valence-electron chi connectivity index (χ1n) is 16.1. The van der Waals surface area contributed by atoms with Gasteiger partial charge in [-0.3, -0.25) is 33.6 Å². The van der Waals surface area contributed by atoms with Crippen LogP contribution >= 0.6 is 0 Å². The fourth-order valence-corrected chi connectivity index (χ4v) is 4.43. The van der Waals surface area contributed by atoms with Crippen molar-refractivity contribution in [3.8, 4) is 0 Å². The lowest BCUT2D eigenvalue weighted by atomic mass is 10.00. The molecule has 0 aliphatic carbocycles. The van der Waals surface area contributed by atoms with Gasteiger partial charge in [0.2, 0.25) is 23.6 Å². The van der Waals surface area contributed by atoms with Crippen molar-refractivity contribution < 1.29 is 33.6 Å². The van der Waals surface area contributed by atoms with Crippen molar-refractivity contribution in [3.05, 3.63) is 23.8 Å². The van der Waals surface area contributed by atoms with Crippen molar-refractivity contribution in [3.63, 3.8) is 0 Å². The van der Waals surface area contributed by atoms with Crippen LogP contribution in [0.25, 0.3) is 0 Å². The predicted octanol–water partition coefficient (Wildman–Crippen LogP) is 4.00. The molecule has 0 saturated carbocycles. The van der Waals surface area contributed by atoms with E-state index in [-0.39, 0.29) is 83.3 Å². The number of hydrogen-bond donors (Lipinski definition) is 5. The Hall–Kier alpha value is -4.09. The second-order valence-electron chi connectivity index (χ2n) is 13.1. The third kappa shape index (κ3) is 14.8. The Labute approximate surface area is 273 Å². The van der Waals surface area contributed by atoms with Gasteiger partial charge in [0.1, 0.15) is 11.8 Å². The highest BCUT2D eigenvalue weighted by atomic mass is 16.2. The summed E-state index contributed by atoms with van der Waals surface area (Å²) < 4.78 is 0. The quantitative estimate of drug-likeness (QED) is 0.141. The van der Waals surface area contributed by atoms with Crippen molar-refractivity contribution in [2.45, 2.75) is 107 Å². The van der Waals surface area contributed by atoms with Crippen molar-refractivity contribution >= 4 is 52.5 Å². The summed E-state index contributed by atoms with van der Waals surface area (Å²) in [6.07, 6.45) is 0.895. The van der Waals surface area contributed by atoms with Gasteiger partial charge in [-0.1, -0.05) is 55.4 Å². The van der Waals surface area contributed by atoms with Crippen LogP contribution in [0.15, 0.2) is 18.2 Å². The largest absolute Gasteiger partial charge is 0.356 e. The van der Waals surface area contributed by atoms with Gasteiger partial charge in [0.15, 0.2) is 5.78 Å². The molecule has 2 atom stereocenters. The number of nitrogens with one attached hydrogen (secondary N) is 5. The van der Waals surface area contributed by atoms with Crippen LogP contribution in [0.2, 0.25) is 0 Å². The monoisotopic (exact) mass is 643 g/mol. The highest BCUT2D eigenvalue weighted by Crippen LogP contribution is 2.21. The van der Waals surface area contributed by atoms with Crippen LogP contribution in [0, 0.1) is 23.7 Å². The summed E-state index contributed by atoms with van der Waals surface area (Å²) in [6.45, 7) is 16.3. The van der Waals surface area contributed by atoms with Crippen LogP contribution in [0.4, 0.5) is 11.4 Å². The molecule has 12 nitrogen and oxygen atoms in total. The molecule has 0 bridgehead atoms. The van der Waals surface area contributed by atoms with Gasteiger partial charge in [-0.25, -0.2) is 0 Å². The van der Waals surface area contributed by atoms with Gasteiger partial charge in [0.25, 0.3) is 5.91 Å². The molecule has 46 heavy (non-hydrogen) atoms. The second kappa shape index (κ2) is 19.4. The Bertz CT molecular complexity index is 1260. The summed E-state index contributed by atoms with van der Waals surface area (Å²) >= 11 is 0. The van der Waals surface area contributed by atoms with E-state index in [9.17, 15) is 33.6 Å². The maximum absolute atomic E-state index is 13.4. The molecule has 256 valence electrons. The summed E-state index contributed by atoms with van der Waals surface area (Å²) in [4.78, 5) is 88.1. The number of benzene rings is 1. The number of rotatable bonds is 19. The number of anilines is 2. The minimum Gasteiger partial charge on any atom is -0.356 e. The molecule has 0 aliphatic heterocycles. The van der Waals surface area contributed by atoms with Gasteiger partial charge in [0.05, 0.1) is 6.04 Å². The van der Waals surface area contributed by atoms with Crippen molar-refractivity contribution in [1.29, 1.82) is 0 Å². The highest BCUT2D eigenvalue weighted by Gasteiger charge is 2.28. The zero-order valence-electron chi connectivity index (χ0n) is 28.8. The molecular formula is C34H53N5O7. The summed E-state index contributed by atoms with van der Waals surface area (Å²) in [7, 11) is 0. The molecule has 0 aromatic heterocycles. The highest BCUT2D eigenvalue weighted by molar-refractivity contribution is 6.02. The maximum Gasteiger partial charge on any atom is 0.252 e. The summed E-state index contributed by atoms with van der Waals surface area (Å²) in [6, 6.07) is 2.62. The van der Waals surface area contributed by atoms with Gasteiger partial charge in [-0.05, 0) is 43.4 Å². The smallest absolute Gasteiger partial charge is 0.252 e. The molecule has 0 aliphatic rings. The summed E-state index contributed by atoms with van der Waals surface area (Å²) in [5, 5.41) is 13.6. The SMILES string of the molecule is CC(C)CC(=O)NCCCC(=O)Nc1cc(NC(=O)CCC(=O)C(C)C)cc(C(=O)N[C@H](C(=O)N[C@@H](C)C(=O)C(C)C)C(C)C)c1. The molecule has 0 fully saturated rings. The van der Waals surface area contributed by atoms with E-state index in [2.05, 4.69) is 26.6 Å². The Balaban J connectivity index is 3.14. The molecule has 0 unspecified atom stereocenters. The third-order valence-electron chi connectivity index (χ3n) is 7.09. The first-order chi connectivity index (χ1) is 21.4. The average molecular weight is 644 g/mol. The van der Waals surface area contributed by atoms with Crippen LogP contribution in [0.5, 0.6) is 0 Å². The molecule has 0 radical (unpaired) electrons. The molecule has 1 rings (SSSR count). The van der Waals surface area contributed by atoms with E-state index in [4.69, 9.17) is 0 Å². The Morgan fingerprint density at radius 2 is 1.22 bits per heavy atom.